The molecule has 3 atom stereocenters. The molecule has 0 aliphatic carbocycles. The third kappa shape index (κ3) is 2.78. The molecule has 0 spiro atoms. The molecule has 1 N–H and O–H groups in total. The Balaban J connectivity index is 1.76. The zero-order chi connectivity index (χ0) is 13.4. The minimum atomic E-state index is 0.106. The lowest BCUT2D eigenvalue weighted by atomic mass is 9.88. The predicted molar refractivity (Wildman–Crippen MR) is 76.6 cm³/mol. The smallest absolute Gasteiger partial charge is 0.163 e. The third-order valence-electron chi connectivity index (χ3n) is 3.86. The van der Waals surface area contributed by atoms with Crippen LogP contribution in [-0.4, -0.2) is 25.3 Å². The van der Waals surface area contributed by atoms with E-state index < -0.39 is 0 Å². The molecule has 1 saturated heterocycles. The van der Waals surface area contributed by atoms with Crippen molar-refractivity contribution in [2.45, 2.75) is 31.9 Å². The SMILES string of the molecule is CC1CC(C2COc3cc(Cl)c(Cl)cc3O2)CCN1. The van der Waals surface area contributed by atoms with Gasteiger partial charge in [-0.05, 0) is 26.3 Å². The molecular formula is C14H17Cl2NO2. The molecule has 3 rings (SSSR count). The van der Waals surface area contributed by atoms with Gasteiger partial charge in [-0.2, -0.15) is 0 Å². The Morgan fingerprint density at radius 1 is 1.21 bits per heavy atom. The van der Waals surface area contributed by atoms with Crippen LogP contribution < -0.4 is 14.8 Å². The normalized spacial score (nSPS) is 30.2. The van der Waals surface area contributed by atoms with E-state index in [9.17, 15) is 0 Å². The van der Waals surface area contributed by atoms with E-state index in [1.807, 2.05) is 0 Å². The Labute approximate surface area is 123 Å². The van der Waals surface area contributed by atoms with Crippen LogP contribution in [0.25, 0.3) is 0 Å². The van der Waals surface area contributed by atoms with E-state index in [1.54, 1.807) is 12.1 Å². The minimum Gasteiger partial charge on any atom is -0.486 e. The summed E-state index contributed by atoms with van der Waals surface area (Å²) < 4.78 is 11.8. The van der Waals surface area contributed by atoms with Crippen LogP contribution in [-0.2, 0) is 0 Å². The highest BCUT2D eigenvalue weighted by Gasteiger charge is 2.32. The van der Waals surface area contributed by atoms with Crippen LogP contribution in [0.4, 0.5) is 0 Å². The van der Waals surface area contributed by atoms with Crippen LogP contribution in [0.3, 0.4) is 0 Å². The molecule has 1 fully saturated rings. The second kappa shape index (κ2) is 5.39. The summed E-state index contributed by atoms with van der Waals surface area (Å²) in [5.74, 6) is 1.92. The van der Waals surface area contributed by atoms with Crippen molar-refractivity contribution in [2.75, 3.05) is 13.2 Å². The summed E-state index contributed by atoms with van der Waals surface area (Å²) in [6.45, 7) is 3.84. The summed E-state index contributed by atoms with van der Waals surface area (Å²) in [5.41, 5.74) is 0. The van der Waals surface area contributed by atoms with E-state index in [2.05, 4.69) is 12.2 Å². The van der Waals surface area contributed by atoms with Crippen LogP contribution in [0.5, 0.6) is 11.5 Å². The first-order chi connectivity index (χ1) is 9.13. The number of hydrogen-bond donors (Lipinski definition) is 1. The quantitative estimate of drug-likeness (QED) is 0.861. The number of piperidine rings is 1. The number of fused-ring (bicyclic) bond motifs is 1. The first-order valence-electron chi connectivity index (χ1n) is 6.65. The Morgan fingerprint density at radius 3 is 2.68 bits per heavy atom. The summed E-state index contributed by atoms with van der Waals surface area (Å²) in [7, 11) is 0. The van der Waals surface area contributed by atoms with E-state index in [0.717, 1.165) is 19.4 Å². The molecule has 0 bridgehead atoms. The number of nitrogens with one attached hydrogen (secondary N) is 1. The van der Waals surface area contributed by atoms with Crippen molar-refractivity contribution < 1.29 is 9.47 Å². The van der Waals surface area contributed by atoms with Gasteiger partial charge in [0, 0.05) is 24.1 Å². The lowest BCUT2D eigenvalue weighted by Gasteiger charge is -2.36. The van der Waals surface area contributed by atoms with Gasteiger partial charge in [0.05, 0.1) is 10.0 Å². The van der Waals surface area contributed by atoms with Gasteiger partial charge >= 0.3 is 0 Å². The lowest BCUT2D eigenvalue weighted by Crippen LogP contribution is -2.44. The molecule has 0 aromatic heterocycles. The molecule has 0 saturated carbocycles. The van der Waals surface area contributed by atoms with Crippen molar-refractivity contribution in [3.05, 3.63) is 22.2 Å². The van der Waals surface area contributed by atoms with Crippen LogP contribution in [0.1, 0.15) is 19.8 Å². The van der Waals surface area contributed by atoms with Crippen LogP contribution in [0.15, 0.2) is 12.1 Å². The van der Waals surface area contributed by atoms with Crippen LogP contribution in [0, 0.1) is 5.92 Å². The minimum absolute atomic E-state index is 0.106. The highest BCUT2D eigenvalue weighted by atomic mass is 35.5. The van der Waals surface area contributed by atoms with Gasteiger partial charge in [-0.25, -0.2) is 0 Å². The van der Waals surface area contributed by atoms with Gasteiger partial charge in [-0.15, -0.1) is 0 Å². The zero-order valence-corrected chi connectivity index (χ0v) is 12.3. The Hall–Kier alpha value is -0.640. The maximum Gasteiger partial charge on any atom is 0.163 e. The van der Waals surface area contributed by atoms with Gasteiger partial charge in [-0.3, -0.25) is 0 Å². The molecule has 0 amide bonds. The van der Waals surface area contributed by atoms with Crippen molar-refractivity contribution in [3.63, 3.8) is 0 Å². The molecule has 3 nitrogen and oxygen atoms in total. The highest BCUT2D eigenvalue weighted by molar-refractivity contribution is 6.42. The van der Waals surface area contributed by atoms with Gasteiger partial charge in [-0.1, -0.05) is 23.2 Å². The number of ether oxygens (including phenoxy) is 2. The summed E-state index contributed by atoms with van der Waals surface area (Å²) in [4.78, 5) is 0. The van der Waals surface area contributed by atoms with Crippen molar-refractivity contribution in [1.82, 2.24) is 5.32 Å². The summed E-state index contributed by atoms with van der Waals surface area (Å²) >= 11 is 12.0. The largest absolute Gasteiger partial charge is 0.486 e. The first kappa shape index (κ1) is 13.3. The second-order valence-electron chi connectivity index (χ2n) is 5.32. The molecule has 5 heteroatoms. The van der Waals surface area contributed by atoms with Crippen molar-refractivity contribution in [3.8, 4) is 11.5 Å². The fraction of sp³-hybridized carbons (Fsp3) is 0.571. The Morgan fingerprint density at radius 2 is 1.95 bits per heavy atom. The number of hydrogen-bond acceptors (Lipinski definition) is 3. The first-order valence-corrected chi connectivity index (χ1v) is 7.41. The zero-order valence-electron chi connectivity index (χ0n) is 10.8. The van der Waals surface area contributed by atoms with Gasteiger partial charge < -0.3 is 14.8 Å². The monoisotopic (exact) mass is 301 g/mol. The lowest BCUT2D eigenvalue weighted by molar-refractivity contribution is 0.0314. The molecule has 2 heterocycles. The molecule has 3 unspecified atom stereocenters. The van der Waals surface area contributed by atoms with Gasteiger partial charge in [0.1, 0.15) is 12.7 Å². The highest BCUT2D eigenvalue weighted by Crippen LogP contribution is 2.40. The number of benzene rings is 1. The fourth-order valence-electron chi connectivity index (χ4n) is 2.82. The summed E-state index contributed by atoms with van der Waals surface area (Å²) in [6, 6.07) is 4.01. The summed E-state index contributed by atoms with van der Waals surface area (Å²) in [5, 5.41) is 4.45. The molecule has 19 heavy (non-hydrogen) atoms. The van der Waals surface area contributed by atoms with Gasteiger partial charge in [0.2, 0.25) is 0 Å². The predicted octanol–water partition coefficient (Wildman–Crippen LogP) is 3.52. The van der Waals surface area contributed by atoms with Crippen LogP contribution >= 0.6 is 23.2 Å². The van der Waals surface area contributed by atoms with Crippen molar-refractivity contribution in [1.29, 1.82) is 0 Å². The molecule has 2 aliphatic heterocycles. The molecule has 0 radical (unpaired) electrons. The molecule has 1 aromatic carbocycles. The maximum absolute atomic E-state index is 6.06. The van der Waals surface area contributed by atoms with E-state index in [1.165, 1.54) is 0 Å². The molecule has 104 valence electrons. The number of halogens is 2. The molecule has 1 aromatic rings. The maximum atomic E-state index is 6.06. The van der Waals surface area contributed by atoms with E-state index in [4.69, 9.17) is 32.7 Å². The average Bonchev–Trinajstić information content (AvgIpc) is 2.39. The molecular weight excluding hydrogens is 285 g/mol. The van der Waals surface area contributed by atoms with Gasteiger partial charge in [0.25, 0.3) is 0 Å². The third-order valence-corrected chi connectivity index (χ3v) is 4.58. The van der Waals surface area contributed by atoms with Gasteiger partial charge in [0.15, 0.2) is 11.5 Å². The number of rotatable bonds is 1. The van der Waals surface area contributed by atoms with Crippen molar-refractivity contribution in [2.24, 2.45) is 5.92 Å². The molecule has 2 aliphatic rings. The van der Waals surface area contributed by atoms with Crippen molar-refractivity contribution >= 4 is 23.2 Å². The summed E-state index contributed by atoms with van der Waals surface area (Å²) in [6.07, 6.45) is 2.34. The Bertz CT molecular complexity index is 481. The van der Waals surface area contributed by atoms with E-state index in [-0.39, 0.29) is 6.10 Å². The topological polar surface area (TPSA) is 30.5 Å². The second-order valence-corrected chi connectivity index (χ2v) is 6.13. The van der Waals surface area contributed by atoms with Crippen LogP contribution in [0.2, 0.25) is 10.0 Å². The average molecular weight is 302 g/mol. The fourth-order valence-corrected chi connectivity index (χ4v) is 3.13. The standard InChI is InChI=1S/C14H17Cl2NO2/c1-8-4-9(2-3-17-8)14-7-18-12-5-10(15)11(16)6-13(12)19-14/h5-6,8-9,14,17H,2-4,7H2,1H3. The van der Waals surface area contributed by atoms with E-state index in [0.29, 0.717) is 40.1 Å². The van der Waals surface area contributed by atoms with E-state index >= 15 is 0 Å². The Kier molecular flexibility index (Phi) is 3.79.